The summed E-state index contributed by atoms with van der Waals surface area (Å²) in [5, 5.41) is 14.6. The number of hydrogen-bond donors (Lipinski definition) is 3. The summed E-state index contributed by atoms with van der Waals surface area (Å²) in [7, 11) is 0. The van der Waals surface area contributed by atoms with Crippen molar-refractivity contribution in [3.63, 3.8) is 0 Å². The van der Waals surface area contributed by atoms with E-state index in [9.17, 15) is 9.59 Å². The molecule has 22 heavy (non-hydrogen) atoms. The molecule has 3 N–H and O–H groups in total. The molecule has 0 bridgehead atoms. The molecule has 128 valence electrons. The average Bonchev–Trinajstić information content (AvgIpc) is 2.39. The van der Waals surface area contributed by atoms with Crippen LogP contribution in [0.3, 0.4) is 0 Å². The first kappa shape index (κ1) is 18.7. The summed E-state index contributed by atoms with van der Waals surface area (Å²) in [6.07, 6.45) is 2.63. The molecular weight excluding hydrogens is 286 g/mol. The third kappa shape index (κ3) is 7.09. The predicted octanol–water partition coefficient (Wildman–Crippen LogP) is 1.04. The molecule has 0 spiro atoms. The van der Waals surface area contributed by atoms with Crippen molar-refractivity contribution in [1.82, 2.24) is 15.5 Å². The summed E-state index contributed by atoms with van der Waals surface area (Å²) in [5.74, 6) is -0.806. The molecule has 0 aliphatic heterocycles. The maximum Gasteiger partial charge on any atom is 0.317 e. The number of hydrogen-bond acceptors (Lipinski definition) is 4. The Hall–Kier alpha value is -1.34. The van der Waals surface area contributed by atoms with Crippen LogP contribution in [0.5, 0.6) is 0 Å². The predicted molar refractivity (Wildman–Crippen MR) is 83.9 cm³/mol. The number of carboxylic acid groups (broad SMARTS) is 1. The first-order chi connectivity index (χ1) is 10.4. The van der Waals surface area contributed by atoms with E-state index in [-0.39, 0.29) is 30.8 Å². The summed E-state index contributed by atoms with van der Waals surface area (Å²) in [5.41, 5.74) is 0. The second-order valence-electron chi connectivity index (χ2n) is 5.95. The number of rotatable bonds is 10. The maximum absolute atomic E-state index is 11.7. The van der Waals surface area contributed by atoms with E-state index < -0.39 is 5.97 Å². The van der Waals surface area contributed by atoms with Gasteiger partial charge in [-0.1, -0.05) is 6.92 Å². The second kappa shape index (κ2) is 9.63. The van der Waals surface area contributed by atoms with E-state index in [0.29, 0.717) is 19.7 Å². The van der Waals surface area contributed by atoms with Crippen molar-refractivity contribution >= 4 is 12.0 Å². The molecule has 0 unspecified atom stereocenters. The van der Waals surface area contributed by atoms with Gasteiger partial charge in [0.25, 0.3) is 0 Å². The Bertz CT molecular complexity index is 357. The fraction of sp³-hybridized carbons (Fsp3) is 0.867. The van der Waals surface area contributed by atoms with Crippen molar-refractivity contribution in [3.05, 3.63) is 0 Å². The molecule has 1 saturated carbocycles. The second-order valence-corrected chi connectivity index (χ2v) is 5.95. The van der Waals surface area contributed by atoms with E-state index >= 15 is 0 Å². The Labute approximate surface area is 132 Å². The minimum atomic E-state index is -0.806. The summed E-state index contributed by atoms with van der Waals surface area (Å²) < 4.78 is 5.40. The van der Waals surface area contributed by atoms with Crippen LogP contribution in [0.4, 0.5) is 4.79 Å². The van der Waals surface area contributed by atoms with E-state index in [4.69, 9.17) is 9.84 Å². The van der Waals surface area contributed by atoms with Crippen LogP contribution in [-0.4, -0.2) is 66.4 Å². The fourth-order valence-corrected chi connectivity index (χ4v) is 2.51. The Morgan fingerprint density at radius 2 is 2.05 bits per heavy atom. The third-order valence-corrected chi connectivity index (χ3v) is 3.77. The van der Waals surface area contributed by atoms with Gasteiger partial charge >= 0.3 is 12.0 Å². The molecule has 1 aliphatic rings. The summed E-state index contributed by atoms with van der Waals surface area (Å²) in [6, 6.07) is 0.236. The smallest absolute Gasteiger partial charge is 0.317 e. The first-order valence-electron chi connectivity index (χ1n) is 8.04. The van der Waals surface area contributed by atoms with Crippen LogP contribution in [-0.2, 0) is 9.53 Å². The van der Waals surface area contributed by atoms with Gasteiger partial charge in [-0.05, 0) is 39.7 Å². The molecule has 1 rings (SSSR count). The molecule has 0 aromatic heterocycles. The van der Waals surface area contributed by atoms with Crippen LogP contribution < -0.4 is 10.6 Å². The summed E-state index contributed by atoms with van der Waals surface area (Å²) in [4.78, 5) is 24.4. The molecular formula is C15H29N3O4. The SMILES string of the molecule is CCN(CC(=O)O)C1CC(NC(=O)NCCCOC(C)C)C1. The largest absolute Gasteiger partial charge is 0.480 e. The van der Waals surface area contributed by atoms with Gasteiger partial charge in [-0.25, -0.2) is 4.79 Å². The number of nitrogens with one attached hydrogen (secondary N) is 2. The van der Waals surface area contributed by atoms with Gasteiger partial charge in [-0.3, -0.25) is 9.69 Å². The van der Waals surface area contributed by atoms with E-state index in [1.807, 2.05) is 25.7 Å². The van der Waals surface area contributed by atoms with Crippen LogP contribution in [0, 0.1) is 0 Å². The number of carbonyl (C=O) groups excluding carboxylic acids is 1. The number of ether oxygens (including phenoxy) is 1. The van der Waals surface area contributed by atoms with Crippen molar-refractivity contribution in [2.24, 2.45) is 0 Å². The van der Waals surface area contributed by atoms with Gasteiger partial charge in [0.2, 0.25) is 0 Å². The number of carboxylic acids is 1. The molecule has 0 atom stereocenters. The lowest BCUT2D eigenvalue weighted by atomic mass is 9.85. The number of amides is 2. The molecule has 0 heterocycles. The van der Waals surface area contributed by atoms with Crippen molar-refractivity contribution in [3.8, 4) is 0 Å². The quantitative estimate of drug-likeness (QED) is 0.524. The normalized spacial score (nSPS) is 20.8. The van der Waals surface area contributed by atoms with Crippen molar-refractivity contribution in [2.45, 2.75) is 58.2 Å². The highest BCUT2D eigenvalue weighted by Gasteiger charge is 2.34. The van der Waals surface area contributed by atoms with Gasteiger partial charge in [-0.2, -0.15) is 0 Å². The highest BCUT2D eigenvalue weighted by molar-refractivity contribution is 5.74. The minimum Gasteiger partial charge on any atom is -0.480 e. The van der Waals surface area contributed by atoms with Gasteiger partial charge in [0.1, 0.15) is 0 Å². The zero-order valence-electron chi connectivity index (χ0n) is 13.8. The Morgan fingerprint density at radius 3 is 2.59 bits per heavy atom. The van der Waals surface area contributed by atoms with Crippen LogP contribution >= 0.6 is 0 Å². The highest BCUT2D eigenvalue weighted by atomic mass is 16.5. The zero-order chi connectivity index (χ0) is 16.5. The van der Waals surface area contributed by atoms with Crippen molar-refractivity contribution in [2.75, 3.05) is 26.2 Å². The number of carbonyl (C=O) groups is 2. The van der Waals surface area contributed by atoms with E-state index in [1.54, 1.807) is 0 Å². The van der Waals surface area contributed by atoms with Crippen LogP contribution in [0.1, 0.15) is 40.0 Å². The average molecular weight is 315 g/mol. The summed E-state index contributed by atoms with van der Waals surface area (Å²) >= 11 is 0. The topological polar surface area (TPSA) is 90.9 Å². The molecule has 7 nitrogen and oxygen atoms in total. The Balaban J connectivity index is 2.09. The first-order valence-corrected chi connectivity index (χ1v) is 8.04. The minimum absolute atomic E-state index is 0.0654. The van der Waals surface area contributed by atoms with Crippen LogP contribution in [0.15, 0.2) is 0 Å². The van der Waals surface area contributed by atoms with Crippen molar-refractivity contribution < 1.29 is 19.4 Å². The number of likely N-dealkylation sites (N-methyl/N-ethyl adjacent to an activating group) is 1. The van der Waals surface area contributed by atoms with E-state index in [2.05, 4.69) is 10.6 Å². The zero-order valence-corrected chi connectivity index (χ0v) is 13.8. The van der Waals surface area contributed by atoms with Gasteiger partial charge in [0.05, 0.1) is 12.6 Å². The molecule has 0 saturated heterocycles. The number of aliphatic carboxylic acids is 1. The summed E-state index contributed by atoms with van der Waals surface area (Å²) in [6.45, 7) is 7.93. The molecule has 2 amide bonds. The van der Waals surface area contributed by atoms with Crippen molar-refractivity contribution in [1.29, 1.82) is 0 Å². The molecule has 1 aliphatic carbocycles. The molecule has 0 aromatic rings. The van der Waals surface area contributed by atoms with E-state index in [1.165, 1.54) is 0 Å². The van der Waals surface area contributed by atoms with Gasteiger partial charge < -0.3 is 20.5 Å². The molecule has 0 radical (unpaired) electrons. The van der Waals surface area contributed by atoms with E-state index in [0.717, 1.165) is 19.3 Å². The van der Waals surface area contributed by atoms with Gasteiger partial charge in [0, 0.05) is 25.2 Å². The standard InChI is InChI=1S/C15H29N3O4/c1-4-18(10-14(19)20)13-8-12(9-13)17-15(21)16-6-5-7-22-11(2)3/h11-13H,4-10H2,1-3H3,(H,19,20)(H2,16,17,21). The molecule has 1 fully saturated rings. The lowest BCUT2D eigenvalue weighted by molar-refractivity contribution is -0.139. The Morgan fingerprint density at radius 1 is 1.36 bits per heavy atom. The maximum atomic E-state index is 11.7. The third-order valence-electron chi connectivity index (χ3n) is 3.77. The highest BCUT2D eigenvalue weighted by Crippen LogP contribution is 2.25. The van der Waals surface area contributed by atoms with Crippen LogP contribution in [0.2, 0.25) is 0 Å². The number of urea groups is 1. The van der Waals surface area contributed by atoms with Gasteiger partial charge in [0.15, 0.2) is 0 Å². The van der Waals surface area contributed by atoms with Gasteiger partial charge in [-0.15, -0.1) is 0 Å². The molecule has 7 heteroatoms. The van der Waals surface area contributed by atoms with Crippen LogP contribution in [0.25, 0.3) is 0 Å². The molecule has 0 aromatic carbocycles. The lowest BCUT2D eigenvalue weighted by Gasteiger charge is -2.42. The monoisotopic (exact) mass is 315 g/mol. The number of nitrogens with zero attached hydrogens (tertiary/aromatic N) is 1. The Kier molecular flexibility index (Phi) is 8.19. The lowest BCUT2D eigenvalue weighted by Crippen LogP contribution is -2.56. The fourth-order valence-electron chi connectivity index (χ4n) is 2.51.